The molecule has 0 aromatic carbocycles. The summed E-state index contributed by atoms with van der Waals surface area (Å²) in [5.41, 5.74) is 0. The van der Waals surface area contributed by atoms with E-state index in [-0.39, 0.29) is 0 Å². The number of rotatable bonds is 8. The number of ether oxygens (including phenoxy) is 1. The van der Waals surface area contributed by atoms with E-state index in [0.29, 0.717) is 6.10 Å². The summed E-state index contributed by atoms with van der Waals surface area (Å²) >= 11 is 0. The van der Waals surface area contributed by atoms with Gasteiger partial charge in [0.1, 0.15) is 0 Å². The molecule has 21 heavy (non-hydrogen) atoms. The normalized spacial score (nSPS) is 33.8. The third kappa shape index (κ3) is 5.77. The average molecular weight is 293 g/mol. The Kier molecular flexibility index (Phi) is 7.85. The van der Waals surface area contributed by atoms with Crippen LogP contribution in [-0.2, 0) is 4.74 Å². The summed E-state index contributed by atoms with van der Waals surface area (Å²) in [6, 6.07) is 0. The summed E-state index contributed by atoms with van der Waals surface area (Å²) in [5.74, 6) is 3.03. The largest absolute Gasteiger partial charge is 0.378 e. The maximum absolute atomic E-state index is 6.01. The Bertz CT molecular complexity index is 270. The first-order valence-electron chi connectivity index (χ1n) is 9.56. The zero-order valence-corrected chi connectivity index (χ0v) is 14.2. The van der Waals surface area contributed by atoms with Crippen molar-refractivity contribution in [3.63, 3.8) is 0 Å². The van der Waals surface area contributed by atoms with E-state index in [1.54, 1.807) is 0 Å². The molecule has 0 radical (unpaired) electrons. The van der Waals surface area contributed by atoms with Crippen LogP contribution in [0.15, 0.2) is 12.7 Å². The molecule has 2 fully saturated rings. The van der Waals surface area contributed by atoms with Crippen LogP contribution in [0.4, 0.5) is 0 Å². The van der Waals surface area contributed by atoms with Crippen molar-refractivity contribution in [1.29, 1.82) is 0 Å². The fourth-order valence-electron chi connectivity index (χ4n) is 4.42. The van der Waals surface area contributed by atoms with Crippen LogP contribution in [0.1, 0.15) is 84.0 Å². The first-order chi connectivity index (χ1) is 10.3. The highest BCUT2D eigenvalue weighted by Gasteiger charge is 2.30. The maximum Gasteiger partial charge on any atom is 0.0575 e. The van der Waals surface area contributed by atoms with Crippen molar-refractivity contribution in [1.82, 2.24) is 0 Å². The predicted octanol–water partition coefficient (Wildman–Crippen LogP) is 6.13. The van der Waals surface area contributed by atoms with Crippen LogP contribution in [0.5, 0.6) is 0 Å². The predicted molar refractivity (Wildman–Crippen MR) is 91.5 cm³/mol. The van der Waals surface area contributed by atoms with Crippen molar-refractivity contribution < 1.29 is 4.74 Å². The van der Waals surface area contributed by atoms with Crippen LogP contribution >= 0.6 is 0 Å². The fourth-order valence-corrected chi connectivity index (χ4v) is 4.42. The SMILES string of the molecule is C=CCC[C@H]1CC[C@H](C2CCC(OCCCC)CC2)CC1. The third-order valence-corrected chi connectivity index (χ3v) is 5.91. The number of hydrogen-bond acceptors (Lipinski definition) is 1. The van der Waals surface area contributed by atoms with Crippen molar-refractivity contribution in [2.24, 2.45) is 17.8 Å². The Hall–Kier alpha value is -0.300. The first-order valence-corrected chi connectivity index (χ1v) is 9.56. The van der Waals surface area contributed by atoms with E-state index in [9.17, 15) is 0 Å². The summed E-state index contributed by atoms with van der Waals surface area (Å²) in [6.45, 7) is 7.08. The molecule has 122 valence electrons. The van der Waals surface area contributed by atoms with Crippen LogP contribution in [0, 0.1) is 17.8 Å². The smallest absolute Gasteiger partial charge is 0.0575 e. The molecule has 2 aliphatic rings. The third-order valence-electron chi connectivity index (χ3n) is 5.91. The second kappa shape index (κ2) is 9.66. The number of allylic oxidation sites excluding steroid dienone is 1. The molecule has 2 aliphatic carbocycles. The molecule has 0 heterocycles. The van der Waals surface area contributed by atoms with Crippen LogP contribution in [0.3, 0.4) is 0 Å². The minimum absolute atomic E-state index is 0.580. The van der Waals surface area contributed by atoms with Gasteiger partial charge in [-0.1, -0.05) is 32.3 Å². The van der Waals surface area contributed by atoms with Gasteiger partial charge < -0.3 is 4.74 Å². The van der Waals surface area contributed by atoms with E-state index >= 15 is 0 Å². The fraction of sp³-hybridized carbons (Fsp3) is 0.900. The van der Waals surface area contributed by atoms with E-state index in [4.69, 9.17) is 4.74 Å². The quantitative estimate of drug-likeness (QED) is 0.386. The monoisotopic (exact) mass is 292 g/mol. The van der Waals surface area contributed by atoms with Gasteiger partial charge in [0.15, 0.2) is 0 Å². The summed E-state index contributed by atoms with van der Waals surface area (Å²) < 4.78 is 6.01. The van der Waals surface area contributed by atoms with Crippen LogP contribution in [-0.4, -0.2) is 12.7 Å². The molecule has 0 aromatic rings. The van der Waals surface area contributed by atoms with Gasteiger partial charge >= 0.3 is 0 Å². The second-order valence-electron chi connectivity index (χ2n) is 7.41. The molecule has 1 nitrogen and oxygen atoms in total. The molecule has 0 unspecified atom stereocenters. The average Bonchev–Trinajstić information content (AvgIpc) is 2.54. The van der Waals surface area contributed by atoms with Crippen LogP contribution < -0.4 is 0 Å². The molecular weight excluding hydrogens is 256 g/mol. The Morgan fingerprint density at radius 2 is 1.57 bits per heavy atom. The molecule has 0 amide bonds. The molecule has 2 rings (SSSR count). The van der Waals surface area contributed by atoms with E-state index in [0.717, 1.165) is 24.4 Å². The molecule has 2 saturated carbocycles. The Morgan fingerprint density at radius 3 is 2.14 bits per heavy atom. The van der Waals surface area contributed by atoms with Crippen LogP contribution in [0.2, 0.25) is 0 Å². The Labute approximate surface area is 132 Å². The van der Waals surface area contributed by atoms with Crippen molar-refractivity contribution >= 4 is 0 Å². The highest BCUT2D eigenvalue weighted by molar-refractivity contribution is 4.83. The molecule has 0 aliphatic heterocycles. The van der Waals surface area contributed by atoms with E-state index < -0.39 is 0 Å². The molecule has 0 N–H and O–H groups in total. The van der Waals surface area contributed by atoms with Gasteiger partial charge in [0, 0.05) is 6.61 Å². The summed E-state index contributed by atoms with van der Waals surface area (Å²) in [7, 11) is 0. The lowest BCUT2D eigenvalue weighted by molar-refractivity contribution is 0.00581. The highest BCUT2D eigenvalue weighted by Crippen LogP contribution is 2.41. The van der Waals surface area contributed by atoms with Gasteiger partial charge in [-0.3, -0.25) is 0 Å². The molecular formula is C20H36O. The standard InChI is InChI=1S/C20H36O/c1-3-5-7-17-8-10-18(11-9-17)19-12-14-20(15-13-19)21-16-6-4-2/h3,17-20H,1,4-16H2,2H3/t17-,18-,19?,20?. The highest BCUT2D eigenvalue weighted by atomic mass is 16.5. The van der Waals surface area contributed by atoms with Crippen molar-refractivity contribution in [3.05, 3.63) is 12.7 Å². The van der Waals surface area contributed by atoms with Gasteiger partial charge in [-0.05, 0) is 75.5 Å². The lowest BCUT2D eigenvalue weighted by Crippen LogP contribution is -2.28. The summed E-state index contributed by atoms with van der Waals surface area (Å²) in [5, 5.41) is 0. The topological polar surface area (TPSA) is 9.23 Å². The van der Waals surface area contributed by atoms with Gasteiger partial charge in [-0.25, -0.2) is 0 Å². The zero-order chi connectivity index (χ0) is 14.9. The van der Waals surface area contributed by atoms with Crippen LogP contribution in [0.25, 0.3) is 0 Å². The Morgan fingerprint density at radius 1 is 0.952 bits per heavy atom. The van der Waals surface area contributed by atoms with E-state index in [1.807, 2.05) is 0 Å². The van der Waals surface area contributed by atoms with Gasteiger partial charge in [0.25, 0.3) is 0 Å². The molecule has 0 aromatic heterocycles. The minimum atomic E-state index is 0.580. The molecule has 0 atom stereocenters. The Balaban J connectivity index is 1.61. The molecule has 0 bridgehead atoms. The zero-order valence-electron chi connectivity index (χ0n) is 14.2. The van der Waals surface area contributed by atoms with Crippen molar-refractivity contribution in [2.45, 2.75) is 90.1 Å². The lowest BCUT2D eigenvalue weighted by Gasteiger charge is -2.37. The van der Waals surface area contributed by atoms with Crippen molar-refractivity contribution in [2.75, 3.05) is 6.61 Å². The lowest BCUT2D eigenvalue weighted by atomic mass is 9.70. The van der Waals surface area contributed by atoms with Gasteiger partial charge in [-0.2, -0.15) is 0 Å². The molecule has 1 heteroatoms. The number of hydrogen-bond donors (Lipinski definition) is 0. The maximum atomic E-state index is 6.01. The molecule has 0 saturated heterocycles. The van der Waals surface area contributed by atoms with E-state index in [2.05, 4.69) is 19.6 Å². The second-order valence-corrected chi connectivity index (χ2v) is 7.41. The van der Waals surface area contributed by atoms with E-state index in [1.165, 1.54) is 77.0 Å². The summed E-state index contributed by atoms with van der Waals surface area (Å²) in [4.78, 5) is 0. The van der Waals surface area contributed by atoms with Gasteiger partial charge in [0.2, 0.25) is 0 Å². The molecule has 0 spiro atoms. The summed E-state index contributed by atoms with van der Waals surface area (Å²) in [6.07, 6.45) is 19.2. The first kappa shape index (κ1) is 17.1. The minimum Gasteiger partial charge on any atom is -0.378 e. The van der Waals surface area contributed by atoms with Crippen molar-refractivity contribution in [3.8, 4) is 0 Å². The van der Waals surface area contributed by atoms with Gasteiger partial charge in [0.05, 0.1) is 6.10 Å². The number of unbranched alkanes of at least 4 members (excludes halogenated alkanes) is 1. The van der Waals surface area contributed by atoms with Gasteiger partial charge in [-0.15, -0.1) is 6.58 Å².